The van der Waals surface area contributed by atoms with Crippen molar-refractivity contribution in [2.75, 3.05) is 12.4 Å². The zero-order chi connectivity index (χ0) is 13.8. The molecule has 0 saturated heterocycles. The molecule has 1 N–H and O–H groups in total. The van der Waals surface area contributed by atoms with E-state index in [0.717, 1.165) is 16.7 Å². The molecule has 0 saturated carbocycles. The zero-order valence-electron chi connectivity index (χ0n) is 10.2. The zero-order valence-corrected chi connectivity index (χ0v) is 11.0. The van der Waals surface area contributed by atoms with Gasteiger partial charge in [-0.05, 0) is 42.3 Å². The Balaban J connectivity index is 2.57. The van der Waals surface area contributed by atoms with Crippen LogP contribution in [0.25, 0.3) is 0 Å². The van der Waals surface area contributed by atoms with E-state index in [4.69, 9.17) is 9.84 Å². The third-order valence-corrected chi connectivity index (χ3v) is 3.00. The second-order valence-corrected chi connectivity index (χ2v) is 5.02. The molecule has 18 heavy (non-hydrogen) atoms. The largest absolute Gasteiger partial charge is 0.492 e. The lowest BCUT2D eigenvalue weighted by molar-refractivity contribution is -0.0329. The number of aryl methyl sites for hydroxylation is 2. The summed E-state index contributed by atoms with van der Waals surface area (Å²) in [5, 5.41) is 9.01. The molecule has 0 amide bonds. The van der Waals surface area contributed by atoms with Gasteiger partial charge in [0.25, 0.3) is 0 Å². The fourth-order valence-corrected chi connectivity index (χ4v) is 2.06. The van der Waals surface area contributed by atoms with E-state index in [2.05, 4.69) is 0 Å². The highest BCUT2D eigenvalue weighted by atomic mass is 32.2. The van der Waals surface area contributed by atoms with E-state index in [1.807, 2.05) is 0 Å². The molecule has 0 aliphatic heterocycles. The number of benzene rings is 1. The van der Waals surface area contributed by atoms with Gasteiger partial charge in [-0.3, -0.25) is 0 Å². The monoisotopic (exact) mass is 280 g/mol. The average molecular weight is 280 g/mol. The van der Waals surface area contributed by atoms with E-state index in [0.29, 0.717) is 5.75 Å². The summed E-state index contributed by atoms with van der Waals surface area (Å²) in [5.41, 5.74) is -1.82. The third-order valence-electron chi connectivity index (χ3n) is 2.30. The third kappa shape index (κ3) is 4.78. The molecule has 0 unspecified atom stereocenters. The Hall–Kier alpha value is -0.880. The van der Waals surface area contributed by atoms with Crippen molar-refractivity contribution in [1.29, 1.82) is 0 Å². The Morgan fingerprint density at radius 1 is 1.22 bits per heavy atom. The van der Waals surface area contributed by atoms with Crippen LogP contribution in [-0.4, -0.2) is 23.0 Å². The highest BCUT2D eigenvalue weighted by molar-refractivity contribution is 8.00. The van der Waals surface area contributed by atoms with Gasteiger partial charge in [-0.1, -0.05) is 12.1 Å². The van der Waals surface area contributed by atoms with Crippen molar-refractivity contribution in [3.8, 4) is 5.75 Å². The quantitative estimate of drug-likeness (QED) is 0.838. The first-order chi connectivity index (χ1) is 8.33. The van der Waals surface area contributed by atoms with Gasteiger partial charge < -0.3 is 9.84 Å². The molecule has 0 spiro atoms. The lowest BCUT2D eigenvalue weighted by Gasteiger charge is -2.13. The number of rotatable bonds is 5. The van der Waals surface area contributed by atoms with Crippen LogP contribution in [0.2, 0.25) is 0 Å². The summed E-state index contributed by atoms with van der Waals surface area (Å²) in [4.78, 5) is 0. The summed E-state index contributed by atoms with van der Waals surface area (Å²) in [6, 6.07) is 3.53. The van der Waals surface area contributed by atoms with Gasteiger partial charge in [-0.25, -0.2) is 0 Å². The number of hydrogen-bond acceptors (Lipinski definition) is 3. The molecule has 2 nitrogen and oxygen atoms in total. The Bertz CT molecular complexity index is 382. The second-order valence-electron chi connectivity index (χ2n) is 3.86. The maximum absolute atomic E-state index is 11.9. The predicted octanol–water partition coefficient (Wildman–Crippen LogP) is 3.43. The van der Waals surface area contributed by atoms with Crippen molar-refractivity contribution >= 4 is 11.8 Å². The summed E-state index contributed by atoms with van der Waals surface area (Å²) in [5.74, 6) is 0.458. The highest BCUT2D eigenvalue weighted by Gasteiger charge is 2.27. The van der Waals surface area contributed by atoms with Crippen LogP contribution in [-0.2, 0) is 6.61 Å². The number of alkyl halides is 3. The summed E-state index contributed by atoms with van der Waals surface area (Å²) in [7, 11) is 0. The van der Waals surface area contributed by atoms with Crippen LogP contribution < -0.4 is 4.74 Å². The van der Waals surface area contributed by atoms with Crippen molar-refractivity contribution in [1.82, 2.24) is 0 Å². The summed E-state index contributed by atoms with van der Waals surface area (Å²) in [6.45, 7) is 3.55. The Morgan fingerprint density at radius 3 is 2.22 bits per heavy atom. The number of aliphatic hydroxyl groups is 1. The van der Waals surface area contributed by atoms with Gasteiger partial charge in [0.1, 0.15) is 5.75 Å². The molecule has 0 aliphatic carbocycles. The maximum atomic E-state index is 11.9. The van der Waals surface area contributed by atoms with Gasteiger partial charge in [-0.2, -0.15) is 13.2 Å². The molecule has 1 rings (SSSR count). The van der Waals surface area contributed by atoms with Crippen molar-refractivity contribution in [3.63, 3.8) is 0 Å². The smallest absolute Gasteiger partial charge is 0.441 e. The SMILES string of the molecule is Cc1cc(CO)cc(C)c1OCCSC(F)(F)F. The summed E-state index contributed by atoms with van der Waals surface area (Å²) >= 11 is -0.0928. The minimum absolute atomic E-state index is 0.00429. The molecule has 0 aliphatic rings. The van der Waals surface area contributed by atoms with E-state index >= 15 is 0 Å². The minimum Gasteiger partial charge on any atom is -0.492 e. The van der Waals surface area contributed by atoms with Crippen molar-refractivity contribution in [3.05, 3.63) is 28.8 Å². The van der Waals surface area contributed by atoms with Crippen LogP contribution in [0.3, 0.4) is 0 Å². The van der Waals surface area contributed by atoms with Crippen molar-refractivity contribution in [2.45, 2.75) is 26.0 Å². The first kappa shape index (κ1) is 15.2. The van der Waals surface area contributed by atoms with Crippen LogP contribution in [0.1, 0.15) is 16.7 Å². The van der Waals surface area contributed by atoms with Gasteiger partial charge in [0, 0.05) is 5.75 Å². The van der Waals surface area contributed by atoms with E-state index in [1.54, 1.807) is 26.0 Å². The average Bonchev–Trinajstić information content (AvgIpc) is 2.25. The van der Waals surface area contributed by atoms with Gasteiger partial charge >= 0.3 is 5.51 Å². The summed E-state index contributed by atoms with van der Waals surface area (Å²) < 4.78 is 41.1. The molecule has 0 bridgehead atoms. The standard InChI is InChI=1S/C12H15F3O2S/c1-8-5-10(7-16)6-9(2)11(8)17-3-4-18-12(13,14)15/h5-6,16H,3-4,7H2,1-2H3. The first-order valence-corrected chi connectivity index (χ1v) is 6.36. The normalized spacial score (nSPS) is 11.7. The molecule has 1 aromatic rings. The topological polar surface area (TPSA) is 29.5 Å². The van der Waals surface area contributed by atoms with Crippen LogP contribution in [0.5, 0.6) is 5.75 Å². The molecule has 102 valence electrons. The van der Waals surface area contributed by atoms with Crippen molar-refractivity contribution < 1.29 is 23.0 Å². The Labute approximate surface area is 108 Å². The van der Waals surface area contributed by atoms with E-state index in [9.17, 15) is 13.2 Å². The van der Waals surface area contributed by atoms with Gasteiger partial charge in [0.2, 0.25) is 0 Å². The van der Waals surface area contributed by atoms with Crippen LogP contribution in [0.4, 0.5) is 13.2 Å². The van der Waals surface area contributed by atoms with E-state index in [-0.39, 0.29) is 30.7 Å². The maximum Gasteiger partial charge on any atom is 0.441 e. The summed E-state index contributed by atoms with van der Waals surface area (Å²) in [6.07, 6.45) is 0. The highest BCUT2D eigenvalue weighted by Crippen LogP contribution is 2.30. The van der Waals surface area contributed by atoms with Crippen LogP contribution >= 0.6 is 11.8 Å². The van der Waals surface area contributed by atoms with E-state index in [1.165, 1.54) is 0 Å². The first-order valence-electron chi connectivity index (χ1n) is 5.38. The number of ether oxygens (including phenoxy) is 1. The second kappa shape index (κ2) is 6.33. The molecule has 6 heteroatoms. The number of hydrogen-bond donors (Lipinski definition) is 1. The Morgan fingerprint density at radius 2 is 1.78 bits per heavy atom. The molecule has 0 aromatic heterocycles. The molecular formula is C12H15F3O2S. The lowest BCUT2D eigenvalue weighted by Crippen LogP contribution is -2.08. The fraction of sp³-hybridized carbons (Fsp3) is 0.500. The predicted molar refractivity (Wildman–Crippen MR) is 65.8 cm³/mol. The Kier molecular flexibility index (Phi) is 5.34. The van der Waals surface area contributed by atoms with Gasteiger partial charge in [-0.15, -0.1) is 0 Å². The van der Waals surface area contributed by atoms with Gasteiger partial charge in [0.15, 0.2) is 0 Å². The molecular weight excluding hydrogens is 265 g/mol. The van der Waals surface area contributed by atoms with Gasteiger partial charge in [0.05, 0.1) is 13.2 Å². The lowest BCUT2D eigenvalue weighted by atomic mass is 10.1. The molecule has 0 atom stereocenters. The molecule has 1 aromatic carbocycles. The molecule has 0 radical (unpaired) electrons. The number of thioether (sulfide) groups is 1. The van der Waals surface area contributed by atoms with Crippen LogP contribution in [0, 0.1) is 13.8 Å². The minimum atomic E-state index is -4.21. The molecule has 0 heterocycles. The van der Waals surface area contributed by atoms with Crippen molar-refractivity contribution in [2.24, 2.45) is 0 Å². The van der Waals surface area contributed by atoms with Crippen LogP contribution in [0.15, 0.2) is 12.1 Å². The molecule has 0 fully saturated rings. The number of aliphatic hydroxyl groups excluding tert-OH is 1. The number of halogens is 3. The van der Waals surface area contributed by atoms with E-state index < -0.39 is 5.51 Å². The fourth-order valence-electron chi connectivity index (χ4n) is 1.66.